The lowest BCUT2D eigenvalue weighted by atomic mass is 10.3. The smallest absolute Gasteiger partial charge is 0.224 e. The summed E-state index contributed by atoms with van der Waals surface area (Å²) in [5, 5.41) is 6.84. The zero-order chi connectivity index (χ0) is 9.97. The molecule has 0 radical (unpaired) electrons. The van der Waals surface area contributed by atoms with Gasteiger partial charge in [-0.3, -0.25) is 9.89 Å². The molecule has 0 saturated carbocycles. The first-order chi connectivity index (χ1) is 6.77. The summed E-state index contributed by atoms with van der Waals surface area (Å²) in [7, 11) is 0. The summed E-state index contributed by atoms with van der Waals surface area (Å²) >= 11 is 0. The van der Waals surface area contributed by atoms with Gasteiger partial charge < -0.3 is 9.64 Å². The Bertz CT molecular complexity index is 369. The van der Waals surface area contributed by atoms with Crippen molar-refractivity contribution in [3.8, 4) is 0 Å². The normalized spacial score (nSPS) is 17.1. The Labute approximate surface area is 81.7 Å². The van der Waals surface area contributed by atoms with Gasteiger partial charge in [-0.1, -0.05) is 0 Å². The van der Waals surface area contributed by atoms with Crippen molar-refractivity contribution in [3.05, 3.63) is 22.0 Å². The van der Waals surface area contributed by atoms with Crippen molar-refractivity contribution in [2.45, 2.75) is 6.92 Å². The largest absolute Gasteiger partial charge is 0.378 e. The van der Waals surface area contributed by atoms with Crippen LogP contribution in [-0.2, 0) is 4.74 Å². The molecule has 1 N–H and O–H groups in total. The molecule has 1 aromatic heterocycles. The minimum absolute atomic E-state index is 0.0249. The van der Waals surface area contributed by atoms with E-state index in [1.165, 1.54) is 0 Å². The summed E-state index contributed by atoms with van der Waals surface area (Å²) in [6.07, 6.45) is 0. The molecule has 2 rings (SSSR count). The zero-order valence-corrected chi connectivity index (χ0v) is 8.12. The number of ether oxygens (including phenoxy) is 1. The van der Waals surface area contributed by atoms with E-state index in [0.717, 1.165) is 18.8 Å². The summed E-state index contributed by atoms with van der Waals surface area (Å²) in [6.45, 7) is 4.61. The first-order valence-electron chi connectivity index (χ1n) is 4.66. The maximum Gasteiger partial charge on any atom is 0.224 e. The number of nitrogens with zero attached hydrogens (tertiary/aromatic N) is 2. The van der Waals surface area contributed by atoms with Gasteiger partial charge in [0.15, 0.2) is 5.82 Å². The van der Waals surface area contributed by atoms with E-state index in [2.05, 4.69) is 10.2 Å². The van der Waals surface area contributed by atoms with Gasteiger partial charge in [0.1, 0.15) is 0 Å². The van der Waals surface area contributed by atoms with Crippen LogP contribution >= 0.6 is 0 Å². The molecule has 1 saturated heterocycles. The molecule has 0 atom stereocenters. The first-order valence-corrected chi connectivity index (χ1v) is 4.66. The quantitative estimate of drug-likeness (QED) is 0.680. The fraction of sp³-hybridized carbons (Fsp3) is 0.556. The van der Waals surface area contributed by atoms with E-state index in [-0.39, 0.29) is 5.43 Å². The fourth-order valence-corrected chi connectivity index (χ4v) is 1.49. The third-order valence-corrected chi connectivity index (χ3v) is 2.22. The number of anilines is 1. The summed E-state index contributed by atoms with van der Waals surface area (Å²) in [4.78, 5) is 13.5. The van der Waals surface area contributed by atoms with Crippen molar-refractivity contribution in [2.24, 2.45) is 0 Å². The number of H-pyrrole nitrogens is 1. The van der Waals surface area contributed by atoms with E-state index in [0.29, 0.717) is 19.0 Å². The molecule has 14 heavy (non-hydrogen) atoms. The third-order valence-electron chi connectivity index (χ3n) is 2.22. The van der Waals surface area contributed by atoms with Crippen LogP contribution in [0.3, 0.4) is 0 Å². The van der Waals surface area contributed by atoms with Crippen LogP contribution in [0.15, 0.2) is 10.9 Å². The fourth-order valence-electron chi connectivity index (χ4n) is 1.49. The van der Waals surface area contributed by atoms with Crippen molar-refractivity contribution < 1.29 is 4.74 Å². The molecule has 0 aromatic carbocycles. The van der Waals surface area contributed by atoms with E-state index in [4.69, 9.17) is 4.74 Å². The van der Waals surface area contributed by atoms with Gasteiger partial charge in [-0.2, -0.15) is 5.10 Å². The van der Waals surface area contributed by atoms with Crippen LogP contribution in [0.1, 0.15) is 5.69 Å². The van der Waals surface area contributed by atoms with Crippen LogP contribution in [0.4, 0.5) is 5.82 Å². The van der Waals surface area contributed by atoms with Crippen molar-refractivity contribution in [3.63, 3.8) is 0 Å². The Morgan fingerprint density at radius 3 is 2.86 bits per heavy atom. The molecule has 0 spiro atoms. The maximum absolute atomic E-state index is 11.6. The standard InChI is InChI=1S/C9H13N3O2/c1-7-6-8(13)9(11-10-7)12-2-4-14-5-3-12/h6H,2-5H2,1H3,(H,10,13). The topological polar surface area (TPSA) is 58.2 Å². The molecule has 1 aliphatic rings. The molecule has 0 amide bonds. The second kappa shape index (κ2) is 3.79. The Morgan fingerprint density at radius 1 is 1.50 bits per heavy atom. The lowest BCUT2D eigenvalue weighted by Gasteiger charge is -2.26. The van der Waals surface area contributed by atoms with Gasteiger partial charge in [0.2, 0.25) is 5.43 Å². The minimum Gasteiger partial charge on any atom is -0.378 e. The SMILES string of the molecule is Cc1cc(=O)c(N2CCOCC2)n[nH]1. The zero-order valence-electron chi connectivity index (χ0n) is 8.12. The van der Waals surface area contributed by atoms with Crippen molar-refractivity contribution in [2.75, 3.05) is 31.2 Å². The molecule has 1 aliphatic heterocycles. The van der Waals surface area contributed by atoms with Gasteiger partial charge in [0, 0.05) is 24.8 Å². The molecule has 1 fully saturated rings. The van der Waals surface area contributed by atoms with Crippen LogP contribution in [-0.4, -0.2) is 36.5 Å². The number of rotatable bonds is 1. The van der Waals surface area contributed by atoms with Crippen molar-refractivity contribution >= 4 is 5.82 Å². The van der Waals surface area contributed by atoms with Gasteiger partial charge in [-0.15, -0.1) is 0 Å². The van der Waals surface area contributed by atoms with E-state index >= 15 is 0 Å². The van der Waals surface area contributed by atoms with E-state index in [1.54, 1.807) is 6.07 Å². The third kappa shape index (κ3) is 1.77. The molecular weight excluding hydrogens is 182 g/mol. The Kier molecular flexibility index (Phi) is 2.49. The highest BCUT2D eigenvalue weighted by molar-refractivity contribution is 5.37. The Hall–Kier alpha value is -1.36. The van der Waals surface area contributed by atoms with Gasteiger partial charge >= 0.3 is 0 Å². The monoisotopic (exact) mass is 195 g/mol. The predicted octanol–water partition coefficient (Wildman–Crippen LogP) is -0.0851. The molecule has 1 aromatic rings. The van der Waals surface area contributed by atoms with E-state index in [9.17, 15) is 4.79 Å². The lowest BCUT2D eigenvalue weighted by Crippen LogP contribution is -2.39. The summed E-state index contributed by atoms with van der Waals surface area (Å²) in [5.41, 5.74) is 0.759. The van der Waals surface area contributed by atoms with Gasteiger partial charge in [0.05, 0.1) is 13.2 Å². The van der Waals surface area contributed by atoms with Gasteiger partial charge in [0.25, 0.3) is 0 Å². The molecule has 5 nitrogen and oxygen atoms in total. The second-order valence-corrected chi connectivity index (χ2v) is 3.34. The number of aromatic amines is 1. The number of hydrogen-bond acceptors (Lipinski definition) is 4. The number of aromatic nitrogens is 2. The van der Waals surface area contributed by atoms with Gasteiger partial charge in [-0.05, 0) is 6.92 Å². The predicted molar refractivity (Wildman–Crippen MR) is 52.6 cm³/mol. The summed E-state index contributed by atoms with van der Waals surface area (Å²) < 4.78 is 5.20. The van der Waals surface area contributed by atoms with Crippen LogP contribution in [0.25, 0.3) is 0 Å². The van der Waals surface area contributed by atoms with Crippen LogP contribution in [0, 0.1) is 6.92 Å². The minimum atomic E-state index is -0.0249. The molecular formula is C9H13N3O2. The average Bonchev–Trinajstić information content (AvgIpc) is 2.19. The van der Waals surface area contributed by atoms with E-state index < -0.39 is 0 Å². The summed E-state index contributed by atoms with van der Waals surface area (Å²) in [6, 6.07) is 1.57. The lowest BCUT2D eigenvalue weighted by molar-refractivity contribution is 0.122. The molecule has 0 bridgehead atoms. The molecule has 5 heteroatoms. The van der Waals surface area contributed by atoms with Crippen molar-refractivity contribution in [1.29, 1.82) is 0 Å². The number of hydrogen-bond donors (Lipinski definition) is 1. The van der Waals surface area contributed by atoms with Crippen LogP contribution in [0.2, 0.25) is 0 Å². The van der Waals surface area contributed by atoms with E-state index in [1.807, 2.05) is 11.8 Å². The average molecular weight is 195 g/mol. The number of morpholine rings is 1. The van der Waals surface area contributed by atoms with Gasteiger partial charge in [-0.25, -0.2) is 0 Å². The van der Waals surface area contributed by atoms with Crippen LogP contribution in [0.5, 0.6) is 0 Å². The molecule has 0 aliphatic carbocycles. The second-order valence-electron chi connectivity index (χ2n) is 3.34. The Balaban J connectivity index is 2.26. The highest BCUT2D eigenvalue weighted by Gasteiger charge is 2.15. The summed E-state index contributed by atoms with van der Waals surface area (Å²) in [5.74, 6) is 0.499. The molecule has 0 unspecified atom stereocenters. The highest BCUT2D eigenvalue weighted by atomic mass is 16.5. The maximum atomic E-state index is 11.6. The number of aryl methyl sites for hydroxylation is 1. The van der Waals surface area contributed by atoms with Crippen molar-refractivity contribution in [1.82, 2.24) is 10.2 Å². The first kappa shape index (κ1) is 9.21. The molecule has 2 heterocycles. The molecule has 76 valence electrons. The van der Waals surface area contributed by atoms with Crippen LogP contribution < -0.4 is 10.3 Å². The Morgan fingerprint density at radius 2 is 2.21 bits per heavy atom. The highest BCUT2D eigenvalue weighted by Crippen LogP contribution is 2.05. The number of nitrogens with one attached hydrogen (secondary N) is 1.